The van der Waals surface area contributed by atoms with Crippen LogP contribution in [0.1, 0.15) is 37.0 Å². The van der Waals surface area contributed by atoms with Crippen molar-refractivity contribution in [2.75, 3.05) is 19.7 Å². The summed E-state index contributed by atoms with van der Waals surface area (Å²) in [6.07, 6.45) is 0.626. The van der Waals surface area contributed by atoms with Crippen molar-refractivity contribution in [2.45, 2.75) is 43.8 Å². The van der Waals surface area contributed by atoms with Gasteiger partial charge in [-0.3, -0.25) is 4.79 Å². The highest BCUT2D eigenvalue weighted by Gasteiger charge is 2.22. The lowest BCUT2D eigenvalue weighted by molar-refractivity contribution is -0.128. The van der Waals surface area contributed by atoms with Gasteiger partial charge in [0.15, 0.2) is 6.10 Å². The number of amides is 1. The zero-order valence-electron chi connectivity index (χ0n) is 14.9. The number of nitrogens with one attached hydrogen (secondary N) is 2. The molecule has 26 heavy (non-hydrogen) atoms. The predicted octanol–water partition coefficient (Wildman–Crippen LogP) is 0.825. The lowest BCUT2D eigenvalue weighted by atomic mass is 10.2. The van der Waals surface area contributed by atoms with Gasteiger partial charge in [-0.25, -0.2) is 17.9 Å². The summed E-state index contributed by atoms with van der Waals surface area (Å²) >= 11 is 0. The van der Waals surface area contributed by atoms with Crippen molar-refractivity contribution in [3.05, 3.63) is 29.8 Å². The Bertz CT molecular complexity index is 743. The second-order valence-corrected chi connectivity index (χ2v) is 7.72. The standard InChI is InChI=1S/C17H24N2O6S/c1-3-18-16(20)12(2)25-17(21)13-6-4-8-15(10-13)26(22,23)19-11-14-7-5-9-24-14/h4,6,8,10,12,14,19H,3,5,7,9,11H2,1-2H3,(H,18,20)/t12-,14+/m1/s1. The first-order valence-electron chi connectivity index (χ1n) is 8.53. The van der Waals surface area contributed by atoms with Gasteiger partial charge in [-0.2, -0.15) is 0 Å². The van der Waals surface area contributed by atoms with Crippen LogP contribution in [0.3, 0.4) is 0 Å². The molecule has 0 saturated carbocycles. The van der Waals surface area contributed by atoms with Gasteiger partial charge in [0.2, 0.25) is 10.0 Å². The average molecular weight is 384 g/mol. The van der Waals surface area contributed by atoms with Crippen molar-refractivity contribution < 1.29 is 27.5 Å². The minimum Gasteiger partial charge on any atom is -0.449 e. The lowest BCUT2D eigenvalue weighted by Crippen LogP contribution is -2.35. The van der Waals surface area contributed by atoms with E-state index in [-0.39, 0.29) is 23.1 Å². The van der Waals surface area contributed by atoms with Gasteiger partial charge in [0, 0.05) is 19.7 Å². The first-order valence-corrected chi connectivity index (χ1v) is 10.0. The lowest BCUT2D eigenvalue weighted by Gasteiger charge is -2.14. The molecule has 1 heterocycles. The maximum absolute atomic E-state index is 12.4. The molecule has 1 fully saturated rings. The smallest absolute Gasteiger partial charge is 0.338 e. The zero-order valence-corrected chi connectivity index (χ0v) is 15.7. The van der Waals surface area contributed by atoms with E-state index in [0.29, 0.717) is 13.2 Å². The van der Waals surface area contributed by atoms with Gasteiger partial charge in [-0.05, 0) is 44.9 Å². The van der Waals surface area contributed by atoms with E-state index in [2.05, 4.69) is 10.0 Å². The van der Waals surface area contributed by atoms with Gasteiger partial charge in [-0.1, -0.05) is 6.07 Å². The number of ether oxygens (including phenoxy) is 2. The Morgan fingerprint density at radius 2 is 2.15 bits per heavy atom. The van der Waals surface area contributed by atoms with E-state index in [1.807, 2.05) is 0 Å². The molecule has 0 aromatic heterocycles. The number of carbonyl (C=O) groups excluding carboxylic acids is 2. The van der Waals surface area contributed by atoms with E-state index in [0.717, 1.165) is 12.8 Å². The SMILES string of the molecule is CCNC(=O)[C@@H](C)OC(=O)c1cccc(S(=O)(=O)NC[C@@H]2CCCO2)c1. The molecule has 2 rings (SSSR count). The molecule has 0 spiro atoms. The van der Waals surface area contributed by atoms with E-state index in [4.69, 9.17) is 9.47 Å². The zero-order chi connectivity index (χ0) is 19.2. The Labute approximate surface area is 153 Å². The summed E-state index contributed by atoms with van der Waals surface area (Å²) in [4.78, 5) is 23.8. The Kier molecular flexibility index (Phi) is 7.13. The number of esters is 1. The van der Waals surface area contributed by atoms with Crippen LogP contribution in [-0.2, 0) is 24.3 Å². The number of sulfonamides is 1. The van der Waals surface area contributed by atoms with Crippen LogP contribution in [0.25, 0.3) is 0 Å². The first kappa shape index (κ1) is 20.3. The van der Waals surface area contributed by atoms with Gasteiger partial charge in [0.25, 0.3) is 5.91 Å². The number of likely N-dealkylation sites (N-methyl/N-ethyl adjacent to an activating group) is 1. The summed E-state index contributed by atoms with van der Waals surface area (Å²) in [6, 6.07) is 5.51. The van der Waals surface area contributed by atoms with Crippen LogP contribution >= 0.6 is 0 Å². The molecule has 1 aromatic rings. The summed E-state index contributed by atoms with van der Waals surface area (Å²) in [5.74, 6) is -1.18. The van der Waals surface area contributed by atoms with Crippen molar-refractivity contribution in [1.82, 2.24) is 10.0 Å². The van der Waals surface area contributed by atoms with Crippen molar-refractivity contribution in [2.24, 2.45) is 0 Å². The van der Waals surface area contributed by atoms with Crippen LogP contribution in [0, 0.1) is 0 Å². The summed E-state index contributed by atoms with van der Waals surface area (Å²) in [6.45, 7) is 4.45. The van der Waals surface area contributed by atoms with Crippen LogP contribution in [0.15, 0.2) is 29.2 Å². The predicted molar refractivity (Wildman–Crippen MR) is 94.2 cm³/mol. The number of rotatable bonds is 8. The monoisotopic (exact) mass is 384 g/mol. The van der Waals surface area contributed by atoms with Crippen LogP contribution in [0.4, 0.5) is 0 Å². The number of carbonyl (C=O) groups is 2. The normalized spacial score (nSPS) is 18.3. The third-order valence-electron chi connectivity index (χ3n) is 3.91. The third kappa shape index (κ3) is 5.52. The van der Waals surface area contributed by atoms with Crippen LogP contribution in [0.2, 0.25) is 0 Å². The van der Waals surface area contributed by atoms with E-state index < -0.39 is 28.0 Å². The Hall–Kier alpha value is -1.97. The molecular weight excluding hydrogens is 360 g/mol. The maximum atomic E-state index is 12.4. The molecule has 0 aliphatic carbocycles. The molecule has 0 unspecified atom stereocenters. The summed E-state index contributed by atoms with van der Waals surface area (Å²) in [5, 5.41) is 2.55. The molecule has 1 saturated heterocycles. The summed E-state index contributed by atoms with van der Waals surface area (Å²) < 4.78 is 37.7. The number of benzene rings is 1. The average Bonchev–Trinajstić information content (AvgIpc) is 3.14. The highest BCUT2D eigenvalue weighted by atomic mass is 32.2. The van der Waals surface area contributed by atoms with Gasteiger partial charge in [0.1, 0.15) is 0 Å². The number of hydrogen-bond acceptors (Lipinski definition) is 6. The fourth-order valence-electron chi connectivity index (χ4n) is 2.48. The molecule has 2 atom stereocenters. The molecule has 1 aliphatic heterocycles. The highest BCUT2D eigenvalue weighted by Crippen LogP contribution is 2.15. The fourth-order valence-corrected chi connectivity index (χ4v) is 3.59. The van der Waals surface area contributed by atoms with E-state index in [1.54, 1.807) is 6.92 Å². The molecule has 2 N–H and O–H groups in total. The molecule has 1 aliphatic rings. The molecule has 0 bridgehead atoms. The maximum Gasteiger partial charge on any atom is 0.338 e. The molecule has 144 valence electrons. The minimum absolute atomic E-state index is 0.0457. The molecule has 0 radical (unpaired) electrons. The van der Waals surface area contributed by atoms with Crippen molar-refractivity contribution in [3.63, 3.8) is 0 Å². The van der Waals surface area contributed by atoms with Crippen LogP contribution in [-0.4, -0.2) is 52.2 Å². The van der Waals surface area contributed by atoms with Gasteiger partial charge in [-0.15, -0.1) is 0 Å². The second-order valence-electron chi connectivity index (χ2n) is 5.96. The van der Waals surface area contributed by atoms with Gasteiger partial charge < -0.3 is 14.8 Å². The van der Waals surface area contributed by atoms with Gasteiger partial charge >= 0.3 is 5.97 Å². The molecule has 9 heteroatoms. The molecule has 1 aromatic carbocycles. The van der Waals surface area contributed by atoms with Crippen LogP contribution in [0.5, 0.6) is 0 Å². The summed E-state index contributed by atoms with van der Waals surface area (Å²) in [5.41, 5.74) is 0.0566. The minimum atomic E-state index is -3.77. The van der Waals surface area contributed by atoms with E-state index >= 15 is 0 Å². The summed E-state index contributed by atoms with van der Waals surface area (Å²) in [7, 11) is -3.77. The van der Waals surface area contributed by atoms with Crippen molar-refractivity contribution >= 4 is 21.9 Å². The van der Waals surface area contributed by atoms with Crippen molar-refractivity contribution in [1.29, 1.82) is 0 Å². The Balaban J connectivity index is 2.03. The largest absolute Gasteiger partial charge is 0.449 e. The van der Waals surface area contributed by atoms with Crippen LogP contribution < -0.4 is 10.0 Å². The second kappa shape index (κ2) is 9.11. The Morgan fingerprint density at radius 3 is 2.81 bits per heavy atom. The number of hydrogen-bond donors (Lipinski definition) is 2. The third-order valence-corrected chi connectivity index (χ3v) is 5.33. The van der Waals surface area contributed by atoms with E-state index in [1.165, 1.54) is 31.2 Å². The highest BCUT2D eigenvalue weighted by molar-refractivity contribution is 7.89. The first-order chi connectivity index (χ1) is 12.3. The van der Waals surface area contributed by atoms with E-state index in [9.17, 15) is 18.0 Å². The Morgan fingerprint density at radius 1 is 1.38 bits per heavy atom. The van der Waals surface area contributed by atoms with Gasteiger partial charge in [0.05, 0.1) is 16.6 Å². The topological polar surface area (TPSA) is 111 Å². The molecule has 1 amide bonds. The molecular formula is C17H24N2O6S. The quantitative estimate of drug-likeness (QED) is 0.642. The molecule has 8 nitrogen and oxygen atoms in total. The van der Waals surface area contributed by atoms with Crippen molar-refractivity contribution in [3.8, 4) is 0 Å². The fraction of sp³-hybridized carbons (Fsp3) is 0.529.